The normalized spacial score (nSPS) is 12.9. The summed E-state index contributed by atoms with van der Waals surface area (Å²) in [6.45, 7) is 2.49. The number of nitrogens with zero attached hydrogens (tertiary/aromatic N) is 1. The Morgan fingerprint density at radius 1 is 1.17 bits per heavy atom. The monoisotopic (exact) mass is 436 g/mol. The van der Waals surface area contributed by atoms with Gasteiger partial charge in [0.25, 0.3) is 0 Å². The van der Waals surface area contributed by atoms with E-state index in [0.29, 0.717) is 18.0 Å². The van der Waals surface area contributed by atoms with Crippen LogP contribution in [0.2, 0.25) is 0 Å². The number of carbonyl (C=O) groups excluding carboxylic acids is 1. The van der Waals surface area contributed by atoms with Crippen LogP contribution in [-0.4, -0.2) is 44.6 Å². The van der Waals surface area contributed by atoms with E-state index in [1.165, 1.54) is 25.0 Å². The fraction of sp³-hybridized carbons (Fsp3) is 0.435. The van der Waals surface area contributed by atoms with Crippen molar-refractivity contribution in [2.24, 2.45) is 5.92 Å². The van der Waals surface area contributed by atoms with Gasteiger partial charge >= 0.3 is 0 Å². The zero-order valence-electron chi connectivity index (χ0n) is 17.5. The van der Waals surface area contributed by atoms with Crippen LogP contribution >= 0.6 is 12.4 Å². The highest BCUT2D eigenvalue weighted by Crippen LogP contribution is 2.31. The van der Waals surface area contributed by atoms with Crippen LogP contribution in [0.15, 0.2) is 42.5 Å². The van der Waals surface area contributed by atoms with Gasteiger partial charge in [0.2, 0.25) is 5.91 Å². The Labute approximate surface area is 184 Å². The van der Waals surface area contributed by atoms with Crippen molar-refractivity contribution in [1.82, 2.24) is 10.2 Å². The first kappa shape index (κ1) is 24.0. The Bertz CT molecular complexity index is 830. The fourth-order valence-electron chi connectivity index (χ4n) is 3.24. The lowest BCUT2D eigenvalue weighted by Crippen LogP contribution is -2.38. The van der Waals surface area contributed by atoms with Crippen molar-refractivity contribution in [2.75, 3.05) is 33.8 Å². The number of carbonyl (C=O) groups is 1. The third-order valence-electron chi connectivity index (χ3n) is 5.09. The molecule has 0 saturated heterocycles. The van der Waals surface area contributed by atoms with E-state index in [2.05, 4.69) is 10.2 Å². The molecule has 3 rings (SSSR count). The van der Waals surface area contributed by atoms with Crippen molar-refractivity contribution in [3.05, 3.63) is 59.4 Å². The smallest absolute Gasteiger partial charge is 0.233 e. The number of hydrogen-bond donors (Lipinski definition) is 1. The largest absolute Gasteiger partial charge is 0.493 e. The van der Waals surface area contributed by atoms with Crippen molar-refractivity contribution in [3.63, 3.8) is 0 Å². The molecule has 0 aromatic heterocycles. The summed E-state index contributed by atoms with van der Waals surface area (Å²) < 4.78 is 24.6. The van der Waals surface area contributed by atoms with Crippen molar-refractivity contribution >= 4 is 18.3 Å². The van der Waals surface area contributed by atoms with E-state index in [9.17, 15) is 9.18 Å². The molecule has 0 atom stereocenters. The summed E-state index contributed by atoms with van der Waals surface area (Å²) in [6.07, 6.45) is 3.34. The first-order valence-electron chi connectivity index (χ1n) is 10.0. The Morgan fingerprint density at radius 2 is 1.97 bits per heavy atom. The number of likely N-dealkylation sites (N-methyl/N-ethyl adjacent to an activating group) is 1. The van der Waals surface area contributed by atoms with Gasteiger partial charge in [-0.2, -0.15) is 0 Å². The second-order valence-electron chi connectivity index (χ2n) is 7.51. The lowest BCUT2D eigenvalue weighted by Gasteiger charge is -2.21. The summed E-state index contributed by atoms with van der Waals surface area (Å²) in [6, 6.07) is 12.2. The molecule has 1 aliphatic rings. The summed E-state index contributed by atoms with van der Waals surface area (Å²) in [7, 11) is 3.28. The molecule has 7 heteroatoms. The topological polar surface area (TPSA) is 50.8 Å². The van der Waals surface area contributed by atoms with Crippen LogP contribution in [0.3, 0.4) is 0 Å². The maximum Gasteiger partial charge on any atom is 0.233 e. The van der Waals surface area contributed by atoms with Gasteiger partial charge < -0.3 is 14.8 Å². The Kier molecular flexibility index (Phi) is 9.40. The summed E-state index contributed by atoms with van der Waals surface area (Å²) >= 11 is 0. The quantitative estimate of drug-likeness (QED) is 0.581. The summed E-state index contributed by atoms with van der Waals surface area (Å²) in [5, 5.41) is 2.70. The number of halogens is 2. The van der Waals surface area contributed by atoms with Crippen LogP contribution in [0.25, 0.3) is 0 Å². The van der Waals surface area contributed by atoms with Crippen molar-refractivity contribution in [1.29, 1.82) is 0 Å². The molecule has 0 bridgehead atoms. The molecular formula is C23H30ClFN2O3. The predicted molar refractivity (Wildman–Crippen MR) is 118 cm³/mol. The Morgan fingerprint density at radius 3 is 2.63 bits per heavy atom. The van der Waals surface area contributed by atoms with E-state index in [0.717, 1.165) is 36.6 Å². The molecule has 0 spiro atoms. The van der Waals surface area contributed by atoms with Gasteiger partial charge in [0.15, 0.2) is 11.5 Å². The molecule has 0 heterocycles. The van der Waals surface area contributed by atoms with Gasteiger partial charge in [-0.15, -0.1) is 12.4 Å². The molecule has 1 saturated carbocycles. The van der Waals surface area contributed by atoms with Gasteiger partial charge in [-0.25, -0.2) is 4.39 Å². The van der Waals surface area contributed by atoms with Crippen molar-refractivity contribution < 1.29 is 18.7 Å². The minimum Gasteiger partial charge on any atom is -0.493 e. The first-order chi connectivity index (χ1) is 14.1. The number of nitrogens with one attached hydrogen (secondary N) is 1. The Hall–Kier alpha value is -2.31. The van der Waals surface area contributed by atoms with Crippen LogP contribution in [0.5, 0.6) is 11.5 Å². The predicted octanol–water partition coefficient (Wildman–Crippen LogP) is 3.84. The maximum atomic E-state index is 13.3. The second kappa shape index (κ2) is 11.8. The molecule has 0 radical (unpaired) electrons. The molecule has 2 aromatic carbocycles. The van der Waals surface area contributed by atoms with E-state index >= 15 is 0 Å². The molecule has 1 aliphatic carbocycles. The highest BCUT2D eigenvalue weighted by molar-refractivity contribution is 5.85. The molecule has 164 valence electrons. The third kappa shape index (κ3) is 7.50. The van der Waals surface area contributed by atoms with Gasteiger partial charge in [-0.3, -0.25) is 9.69 Å². The first-order valence-corrected chi connectivity index (χ1v) is 10.0. The van der Waals surface area contributed by atoms with E-state index in [4.69, 9.17) is 9.47 Å². The van der Waals surface area contributed by atoms with Crippen molar-refractivity contribution in [3.8, 4) is 11.5 Å². The highest BCUT2D eigenvalue weighted by atomic mass is 35.5. The number of amides is 1. The van der Waals surface area contributed by atoms with E-state index in [1.807, 2.05) is 24.3 Å². The summed E-state index contributed by atoms with van der Waals surface area (Å²) in [5.41, 5.74) is 1.89. The van der Waals surface area contributed by atoms with Gasteiger partial charge in [-0.1, -0.05) is 18.2 Å². The molecule has 0 aliphatic heterocycles. The van der Waals surface area contributed by atoms with Crippen LogP contribution in [0.4, 0.5) is 4.39 Å². The number of hydrogen-bond acceptors (Lipinski definition) is 4. The molecule has 1 fully saturated rings. The third-order valence-corrected chi connectivity index (χ3v) is 5.09. The lowest BCUT2D eigenvalue weighted by atomic mass is 10.1. The lowest BCUT2D eigenvalue weighted by molar-refractivity contribution is -0.121. The zero-order valence-corrected chi connectivity index (χ0v) is 18.3. The average Bonchev–Trinajstić information content (AvgIpc) is 3.54. The van der Waals surface area contributed by atoms with Crippen molar-refractivity contribution in [2.45, 2.75) is 25.9 Å². The van der Waals surface area contributed by atoms with Crippen LogP contribution in [-0.2, 0) is 17.8 Å². The SMILES string of the molecule is CNC(=O)CN(CCc1ccc(OCc2cccc(F)c2)c(OC)c1)CC1CC1.Cl. The number of benzene rings is 2. The Balaban J connectivity index is 0.00000320. The number of methoxy groups -OCH3 is 1. The van der Waals surface area contributed by atoms with Gasteiger partial charge in [0, 0.05) is 20.1 Å². The maximum absolute atomic E-state index is 13.3. The molecule has 0 unspecified atom stereocenters. The standard InChI is InChI=1S/C23H29FN2O3.ClH/c1-25-23(27)15-26(14-18-6-7-18)11-10-17-8-9-21(22(13-17)28-2)29-16-19-4-3-5-20(24)12-19;/h3-5,8-9,12-13,18H,6-7,10-11,14-16H2,1-2H3,(H,25,27);1H. The molecule has 30 heavy (non-hydrogen) atoms. The summed E-state index contributed by atoms with van der Waals surface area (Å²) in [5.74, 6) is 1.78. The highest BCUT2D eigenvalue weighted by Gasteiger charge is 2.25. The molecule has 1 N–H and O–H groups in total. The van der Waals surface area contributed by atoms with Gasteiger partial charge in [0.1, 0.15) is 12.4 Å². The van der Waals surface area contributed by atoms with E-state index < -0.39 is 0 Å². The number of rotatable bonds is 11. The molecular weight excluding hydrogens is 407 g/mol. The molecule has 5 nitrogen and oxygen atoms in total. The van der Waals surface area contributed by atoms with E-state index in [-0.39, 0.29) is 30.7 Å². The summed E-state index contributed by atoms with van der Waals surface area (Å²) in [4.78, 5) is 14.0. The fourth-order valence-corrected chi connectivity index (χ4v) is 3.24. The minimum absolute atomic E-state index is 0. The van der Waals surface area contributed by atoms with Crippen LogP contribution in [0.1, 0.15) is 24.0 Å². The number of ether oxygens (including phenoxy) is 2. The van der Waals surface area contributed by atoms with Gasteiger partial charge in [-0.05, 0) is 60.6 Å². The minimum atomic E-state index is -0.277. The van der Waals surface area contributed by atoms with Gasteiger partial charge in [0.05, 0.1) is 13.7 Å². The van der Waals surface area contributed by atoms with Crippen LogP contribution < -0.4 is 14.8 Å². The second-order valence-corrected chi connectivity index (χ2v) is 7.51. The van der Waals surface area contributed by atoms with E-state index in [1.54, 1.807) is 20.2 Å². The molecule has 2 aromatic rings. The zero-order chi connectivity index (χ0) is 20.6. The molecule has 1 amide bonds. The van der Waals surface area contributed by atoms with Crippen LogP contribution in [0, 0.1) is 11.7 Å². The average molecular weight is 437 g/mol.